The first-order valence-electron chi connectivity index (χ1n) is 5.39. The molecule has 1 N–H and O–H groups in total. The van der Waals surface area contributed by atoms with Gasteiger partial charge >= 0.3 is 0 Å². The summed E-state index contributed by atoms with van der Waals surface area (Å²) in [4.78, 5) is 4.67. The molecule has 0 aromatic rings. The molecule has 0 radical (unpaired) electrons. The Morgan fingerprint density at radius 1 is 1.29 bits per heavy atom. The number of hydrogen-bond donors (Lipinski definition) is 1. The van der Waals surface area contributed by atoms with Crippen LogP contribution in [0.1, 0.15) is 13.3 Å². The maximum Gasteiger partial charge on any atom is 0.0926 e. The van der Waals surface area contributed by atoms with Gasteiger partial charge in [0.15, 0.2) is 0 Å². The first-order valence-corrected chi connectivity index (χ1v) is 5.39. The Kier molecular flexibility index (Phi) is 3.03. The molecule has 0 bridgehead atoms. The van der Waals surface area contributed by atoms with Gasteiger partial charge in [0.05, 0.1) is 19.0 Å². The molecule has 1 atom stereocenters. The second kappa shape index (κ2) is 4.28. The zero-order valence-electron chi connectivity index (χ0n) is 8.83. The average Bonchev–Trinajstić information content (AvgIpc) is 2.68. The predicted molar refractivity (Wildman–Crippen MR) is 55.8 cm³/mol. The monoisotopic (exact) mass is 197 g/mol. The van der Waals surface area contributed by atoms with Crippen LogP contribution in [-0.2, 0) is 4.74 Å². The van der Waals surface area contributed by atoms with Gasteiger partial charge in [0.2, 0.25) is 0 Å². The Morgan fingerprint density at radius 2 is 2.00 bits per heavy atom. The lowest BCUT2D eigenvalue weighted by Gasteiger charge is -2.32. The first-order chi connectivity index (χ1) is 6.77. The molecule has 2 fully saturated rings. The molecule has 0 aromatic carbocycles. The van der Waals surface area contributed by atoms with Crippen molar-refractivity contribution in [1.29, 1.82) is 5.41 Å². The summed E-state index contributed by atoms with van der Waals surface area (Å²) in [5.74, 6) is 0.709. The highest BCUT2D eigenvalue weighted by Crippen LogP contribution is 2.16. The number of nitrogens with one attached hydrogen (secondary N) is 1. The van der Waals surface area contributed by atoms with Gasteiger partial charge < -0.3 is 9.64 Å². The molecule has 0 spiro atoms. The van der Waals surface area contributed by atoms with E-state index in [1.807, 2.05) is 6.92 Å². The Balaban J connectivity index is 1.85. The summed E-state index contributed by atoms with van der Waals surface area (Å²) in [6, 6.07) is 0.652. The van der Waals surface area contributed by atoms with Gasteiger partial charge in [-0.2, -0.15) is 0 Å². The molecule has 2 saturated heterocycles. The van der Waals surface area contributed by atoms with Crippen LogP contribution in [0.25, 0.3) is 0 Å². The molecule has 2 aliphatic rings. The fourth-order valence-corrected chi connectivity index (χ4v) is 2.29. The van der Waals surface area contributed by atoms with Crippen molar-refractivity contribution in [3.8, 4) is 0 Å². The SMILES string of the molecule is CC(=N)N1CCC(N2CCOCC2)C1. The van der Waals surface area contributed by atoms with E-state index >= 15 is 0 Å². The number of rotatable bonds is 1. The summed E-state index contributed by atoms with van der Waals surface area (Å²) >= 11 is 0. The largest absolute Gasteiger partial charge is 0.379 e. The van der Waals surface area contributed by atoms with Crippen LogP contribution in [0.15, 0.2) is 0 Å². The van der Waals surface area contributed by atoms with Gasteiger partial charge in [-0.15, -0.1) is 0 Å². The molecule has 80 valence electrons. The Labute approximate surface area is 85.3 Å². The van der Waals surface area contributed by atoms with E-state index in [0.717, 1.165) is 39.4 Å². The van der Waals surface area contributed by atoms with Crippen LogP contribution in [0.3, 0.4) is 0 Å². The van der Waals surface area contributed by atoms with Crippen molar-refractivity contribution in [3.05, 3.63) is 0 Å². The molecule has 1 unspecified atom stereocenters. The van der Waals surface area contributed by atoms with Crippen molar-refractivity contribution in [2.45, 2.75) is 19.4 Å². The van der Waals surface area contributed by atoms with Gasteiger partial charge in [0.25, 0.3) is 0 Å². The van der Waals surface area contributed by atoms with E-state index in [-0.39, 0.29) is 0 Å². The summed E-state index contributed by atoms with van der Waals surface area (Å²) < 4.78 is 5.34. The molecule has 14 heavy (non-hydrogen) atoms. The molecule has 4 heteroatoms. The van der Waals surface area contributed by atoms with Crippen molar-refractivity contribution < 1.29 is 4.74 Å². The Morgan fingerprint density at radius 3 is 2.57 bits per heavy atom. The molecular formula is C10H19N3O. The van der Waals surface area contributed by atoms with Gasteiger partial charge in [0, 0.05) is 32.2 Å². The summed E-state index contributed by atoms with van der Waals surface area (Å²) in [5.41, 5.74) is 0. The van der Waals surface area contributed by atoms with Crippen molar-refractivity contribution in [2.75, 3.05) is 39.4 Å². The summed E-state index contributed by atoms with van der Waals surface area (Å²) in [6.45, 7) is 7.85. The zero-order chi connectivity index (χ0) is 9.97. The third-order valence-corrected chi connectivity index (χ3v) is 3.20. The van der Waals surface area contributed by atoms with E-state index in [4.69, 9.17) is 10.1 Å². The number of nitrogens with zero attached hydrogens (tertiary/aromatic N) is 2. The average molecular weight is 197 g/mol. The normalized spacial score (nSPS) is 29.5. The Bertz CT molecular complexity index is 213. The van der Waals surface area contributed by atoms with Crippen LogP contribution in [-0.4, -0.2) is 61.1 Å². The summed E-state index contributed by atoms with van der Waals surface area (Å²) in [7, 11) is 0. The maximum absolute atomic E-state index is 7.58. The smallest absolute Gasteiger partial charge is 0.0926 e. The molecule has 0 aliphatic carbocycles. The zero-order valence-corrected chi connectivity index (χ0v) is 8.83. The molecule has 0 aromatic heterocycles. The van der Waals surface area contributed by atoms with Crippen molar-refractivity contribution in [1.82, 2.24) is 9.80 Å². The first kappa shape index (κ1) is 9.93. The highest BCUT2D eigenvalue weighted by Gasteiger charge is 2.28. The molecule has 2 heterocycles. The van der Waals surface area contributed by atoms with Gasteiger partial charge in [-0.1, -0.05) is 0 Å². The molecule has 2 rings (SSSR count). The van der Waals surface area contributed by atoms with Crippen LogP contribution >= 0.6 is 0 Å². The number of morpholine rings is 1. The quantitative estimate of drug-likeness (QED) is 0.488. The van der Waals surface area contributed by atoms with Crippen molar-refractivity contribution >= 4 is 5.84 Å². The second-order valence-corrected chi connectivity index (χ2v) is 4.12. The predicted octanol–water partition coefficient (Wildman–Crippen LogP) is 0.390. The number of hydrogen-bond acceptors (Lipinski definition) is 3. The van der Waals surface area contributed by atoms with E-state index in [1.165, 1.54) is 6.42 Å². The standard InChI is InChI=1S/C10H19N3O/c1-9(11)13-3-2-10(8-13)12-4-6-14-7-5-12/h10-11H,2-8H2,1H3. The van der Waals surface area contributed by atoms with Gasteiger partial charge in [0.1, 0.15) is 0 Å². The number of amidine groups is 1. The van der Waals surface area contributed by atoms with Crippen molar-refractivity contribution in [3.63, 3.8) is 0 Å². The lowest BCUT2D eigenvalue weighted by atomic mass is 10.2. The summed E-state index contributed by atoms with van der Waals surface area (Å²) in [6.07, 6.45) is 1.20. The highest BCUT2D eigenvalue weighted by molar-refractivity contribution is 5.76. The van der Waals surface area contributed by atoms with Gasteiger partial charge in [-0.3, -0.25) is 10.3 Å². The fourth-order valence-electron chi connectivity index (χ4n) is 2.29. The van der Waals surface area contributed by atoms with Crippen LogP contribution in [0.4, 0.5) is 0 Å². The lowest BCUT2D eigenvalue weighted by Crippen LogP contribution is -2.45. The van der Waals surface area contributed by atoms with E-state index in [1.54, 1.807) is 0 Å². The topological polar surface area (TPSA) is 39.6 Å². The molecular weight excluding hydrogens is 178 g/mol. The minimum Gasteiger partial charge on any atom is -0.379 e. The molecule has 2 aliphatic heterocycles. The third-order valence-electron chi connectivity index (χ3n) is 3.20. The number of ether oxygens (including phenoxy) is 1. The molecule has 0 amide bonds. The van der Waals surface area contributed by atoms with Gasteiger partial charge in [-0.25, -0.2) is 0 Å². The van der Waals surface area contributed by atoms with Gasteiger partial charge in [-0.05, 0) is 13.3 Å². The minimum atomic E-state index is 0.652. The van der Waals surface area contributed by atoms with Crippen LogP contribution < -0.4 is 0 Å². The fraction of sp³-hybridized carbons (Fsp3) is 0.900. The van der Waals surface area contributed by atoms with Crippen LogP contribution in [0, 0.1) is 5.41 Å². The highest BCUT2D eigenvalue weighted by atomic mass is 16.5. The lowest BCUT2D eigenvalue weighted by molar-refractivity contribution is 0.0195. The Hall–Kier alpha value is -0.610. The third kappa shape index (κ3) is 2.07. The minimum absolute atomic E-state index is 0.652. The number of likely N-dealkylation sites (tertiary alicyclic amines) is 1. The molecule has 0 saturated carbocycles. The summed E-state index contributed by atoms with van der Waals surface area (Å²) in [5, 5.41) is 7.58. The van der Waals surface area contributed by atoms with E-state index < -0.39 is 0 Å². The van der Waals surface area contributed by atoms with Crippen LogP contribution in [0.5, 0.6) is 0 Å². The van der Waals surface area contributed by atoms with Crippen LogP contribution in [0.2, 0.25) is 0 Å². The van der Waals surface area contributed by atoms with E-state index in [0.29, 0.717) is 11.9 Å². The van der Waals surface area contributed by atoms with E-state index in [2.05, 4.69) is 9.80 Å². The second-order valence-electron chi connectivity index (χ2n) is 4.12. The van der Waals surface area contributed by atoms with Crippen molar-refractivity contribution in [2.24, 2.45) is 0 Å². The van der Waals surface area contributed by atoms with E-state index in [9.17, 15) is 0 Å². The maximum atomic E-state index is 7.58. The molecule has 4 nitrogen and oxygen atoms in total.